The van der Waals surface area contributed by atoms with Gasteiger partial charge in [0.15, 0.2) is 0 Å². The number of likely N-dealkylation sites (N-methyl/N-ethyl adjacent to an activating group) is 1. The molecule has 8 heteroatoms. The fourth-order valence-electron chi connectivity index (χ4n) is 4.36. The summed E-state index contributed by atoms with van der Waals surface area (Å²) in [6, 6.07) is 18.8. The lowest BCUT2D eigenvalue weighted by Gasteiger charge is -2.53. The lowest BCUT2D eigenvalue weighted by atomic mass is 9.99. The number of hydrazine groups is 1. The molecule has 0 N–H and O–H groups in total. The number of hydrogen-bond donors (Lipinski definition) is 0. The maximum atomic E-state index is 13.4. The van der Waals surface area contributed by atoms with E-state index >= 15 is 0 Å². The maximum Gasteiger partial charge on any atom is 0.246 e. The molecule has 2 aromatic rings. The summed E-state index contributed by atoms with van der Waals surface area (Å²) in [5.41, 5.74) is 2.04. The van der Waals surface area contributed by atoms with E-state index in [4.69, 9.17) is 4.74 Å². The van der Waals surface area contributed by atoms with Crippen molar-refractivity contribution < 1.29 is 19.1 Å². The fourth-order valence-corrected chi connectivity index (χ4v) is 4.36. The Bertz CT molecular complexity index is 940. The first-order valence-electron chi connectivity index (χ1n) is 10.8. The van der Waals surface area contributed by atoms with E-state index in [1.807, 2.05) is 60.7 Å². The van der Waals surface area contributed by atoms with Crippen molar-refractivity contribution in [3.8, 4) is 0 Å². The molecule has 2 fully saturated rings. The van der Waals surface area contributed by atoms with E-state index in [2.05, 4.69) is 0 Å². The highest BCUT2D eigenvalue weighted by atomic mass is 16.5. The van der Waals surface area contributed by atoms with Crippen LogP contribution in [0.5, 0.6) is 0 Å². The zero-order chi connectivity index (χ0) is 22.5. The van der Waals surface area contributed by atoms with Crippen LogP contribution in [0.2, 0.25) is 0 Å². The van der Waals surface area contributed by atoms with Gasteiger partial charge in [-0.25, -0.2) is 5.01 Å². The Labute approximate surface area is 187 Å². The van der Waals surface area contributed by atoms with Gasteiger partial charge in [-0.15, -0.1) is 0 Å². The summed E-state index contributed by atoms with van der Waals surface area (Å²) in [5.74, 6) is -0.262. The Morgan fingerprint density at radius 3 is 2.31 bits per heavy atom. The highest BCUT2D eigenvalue weighted by Crippen LogP contribution is 2.26. The molecule has 1 unspecified atom stereocenters. The molecule has 0 bridgehead atoms. The summed E-state index contributed by atoms with van der Waals surface area (Å²) in [6.07, 6.45) is 0.600. The van der Waals surface area contributed by atoms with Crippen LogP contribution in [0, 0.1) is 0 Å². The molecule has 0 radical (unpaired) electrons. The second-order valence-electron chi connectivity index (χ2n) is 8.11. The van der Waals surface area contributed by atoms with Crippen molar-refractivity contribution in [2.45, 2.75) is 25.2 Å². The van der Waals surface area contributed by atoms with Gasteiger partial charge in [0, 0.05) is 20.0 Å². The van der Waals surface area contributed by atoms with Crippen LogP contribution in [0.3, 0.4) is 0 Å². The number of piperazine rings is 1. The first-order chi connectivity index (χ1) is 15.6. The van der Waals surface area contributed by atoms with Crippen LogP contribution in [0.15, 0.2) is 60.7 Å². The molecule has 3 amide bonds. The third-order valence-electron chi connectivity index (χ3n) is 5.99. The number of rotatable bonds is 8. The molecule has 8 nitrogen and oxygen atoms in total. The Kier molecular flexibility index (Phi) is 6.82. The number of carbonyl (C=O) groups is 3. The molecule has 2 atom stereocenters. The number of nitrogens with zero attached hydrogens (tertiary/aromatic N) is 4. The number of benzene rings is 2. The van der Waals surface area contributed by atoms with Gasteiger partial charge in [-0.05, 0) is 11.1 Å². The lowest BCUT2D eigenvalue weighted by Crippen LogP contribution is -2.74. The summed E-state index contributed by atoms with van der Waals surface area (Å²) in [7, 11) is 1.71. The summed E-state index contributed by atoms with van der Waals surface area (Å²) in [6.45, 7) is 1.55. The first-order valence-corrected chi connectivity index (χ1v) is 10.8. The van der Waals surface area contributed by atoms with Crippen molar-refractivity contribution in [1.82, 2.24) is 19.8 Å². The average Bonchev–Trinajstić information content (AvgIpc) is 2.80. The fraction of sp³-hybridized carbons (Fsp3) is 0.375. The van der Waals surface area contributed by atoms with E-state index < -0.39 is 12.2 Å². The summed E-state index contributed by atoms with van der Waals surface area (Å²) in [4.78, 5) is 41.5. The molecule has 0 spiro atoms. The van der Waals surface area contributed by atoms with Gasteiger partial charge in [0.1, 0.15) is 12.2 Å². The van der Waals surface area contributed by atoms with E-state index in [1.165, 1.54) is 5.01 Å². The van der Waals surface area contributed by atoms with Gasteiger partial charge in [0.05, 0.1) is 26.3 Å². The molecule has 0 aromatic heterocycles. The van der Waals surface area contributed by atoms with E-state index in [9.17, 15) is 14.4 Å². The Balaban J connectivity index is 1.50. The van der Waals surface area contributed by atoms with Crippen LogP contribution >= 0.6 is 0 Å². The molecule has 32 heavy (non-hydrogen) atoms. The van der Waals surface area contributed by atoms with Crippen LogP contribution in [0.25, 0.3) is 0 Å². The van der Waals surface area contributed by atoms with Crippen molar-refractivity contribution in [2.75, 3.05) is 33.3 Å². The molecule has 2 heterocycles. The topological polar surface area (TPSA) is 73.4 Å². The Morgan fingerprint density at radius 2 is 1.66 bits per heavy atom. The van der Waals surface area contributed by atoms with E-state index in [1.54, 1.807) is 21.9 Å². The second kappa shape index (κ2) is 9.93. The highest BCUT2D eigenvalue weighted by molar-refractivity contribution is 5.91. The standard InChI is InChI=1S/C24H28N4O4/c1-25-16-23(30)28-21(14-19-8-4-2-5-9-19)24(31)26(15-22(28)27(25)18-29)12-13-32-17-20-10-6-3-7-11-20/h2-11,18,21-22H,12-17H2,1H3/t21-,22?/m0/s1. The molecule has 4 rings (SSSR count). The first kappa shape index (κ1) is 22.0. The SMILES string of the molecule is CN1CC(=O)N2C(CN(CCOCc3ccccc3)C(=O)[C@@H]2Cc2ccccc2)N1C=O. The summed E-state index contributed by atoms with van der Waals surface area (Å²) < 4.78 is 5.79. The molecule has 168 valence electrons. The largest absolute Gasteiger partial charge is 0.375 e. The quantitative estimate of drug-likeness (QED) is 0.458. The Hall–Kier alpha value is -3.23. The zero-order valence-corrected chi connectivity index (χ0v) is 18.2. The van der Waals surface area contributed by atoms with Crippen molar-refractivity contribution >= 4 is 18.2 Å². The number of carbonyl (C=O) groups excluding carboxylic acids is 3. The minimum atomic E-state index is -0.658. The smallest absolute Gasteiger partial charge is 0.246 e. The molecule has 2 saturated heterocycles. The molecule has 2 aromatic carbocycles. The van der Waals surface area contributed by atoms with Crippen molar-refractivity contribution in [2.24, 2.45) is 0 Å². The lowest BCUT2D eigenvalue weighted by molar-refractivity contribution is -0.196. The van der Waals surface area contributed by atoms with Gasteiger partial charge >= 0.3 is 0 Å². The minimum absolute atomic E-state index is 0.0635. The van der Waals surface area contributed by atoms with Crippen LogP contribution in [-0.2, 0) is 32.1 Å². The molecule has 0 saturated carbocycles. The summed E-state index contributed by atoms with van der Waals surface area (Å²) >= 11 is 0. The zero-order valence-electron chi connectivity index (χ0n) is 18.2. The van der Waals surface area contributed by atoms with Crippen LogP contribution < -0.4 is 0 Å². The third kappa shape index (κ3) is 4.66. The predicted molar refractivity (Wildman–Crippen MR) is 118 cm³/mol. The molecular formula is C24H28N4O4. The van der Waals surface area contributed by atoms with Crippen molar-refractivity contribution in [1.29, 1.82) is 0 Å². The number of amides is 3. The second-order valence-corrected chi connectivity index (χ2v) is 8.11. The minimum Gasteiger partial charge on any atom is -0.375 e. The number of hydrogen-bond acceptors (Lipinski definition) is 5. The highest BCUT2D eigenvalue weighted by Gasteiger charge is 2.48. The van der Waals surface area contributed by atoms with Crippen LogP contribution in [-0.4, -0.2) is 83.5 Å². The average molecular weight is 437 g/mol. The van der Waals surface area contributed by atoms with Gasteiger partial charge in [0.2, 0.25) is 18.2 Å². The maximum absolute atomic E-state index is 13.4. The summed E-state index contributed by atoms with van der Waals surface area (Å²) in [5, 5.41) is 3.11. The molecule has 0 aliphatic carbocycles. The predicted octanol–water partition coefficient (Wildman–Crippen LogP) is 1.13. The van der Waals surface area contributed by atoms with E-state index in [0.29, 0.717) is 26.2 Å². The van der Waals surface area contributed by atoms with Crippen LogP contribution in [0.4, 0.5) is 0 Å². The molecule has 2 aliphatic rings. The monoisotopic (exact) mass is 436 g/mol. The van der Waals surface area contributed by atoms with E-state index in [-0.39, 0.29) is 24.9 Å². The van der Waals surface area contributed by atoms with Crippen molar-refractivity contribution in [3.05, 3.63) is 71.8 Å². The number of fused-ring (bicyclic) bond motifs is 1. The van der Waals surface area contributed by atoms with Gasteiger partial charge in [-0.1, -0.05) is 60.7 Å². The van der Waals surface area contributed by atoms with Gasteiger partial charge in [-0.3, -0.25) is 19.4 Å². The van der Waals surface area contributed by atoms with Crippen molar-refractivity contribution in [3.63, 3.8) is 0 Å². The normalized spacial score (nSPS) is 21.6. The Morgan fingerprint density at radius 1 is 1.00 bits per heavy atom. The van der Waals surface area contributed by atoms with E-state index in [0.717, 1.165) is 17.5 Å². The molecule has 2 aliphatic heterocycles. The van der Waals surface area contributed by atoms with Crippen LogP contribution in [0.1, 0.15) is 11.1 Å². The number of ether oxygens (including phenoxy) is 1. The van der Waals surface area contributed by atoms with Gasteiger partial charge in [-0.2, -0.15) is 0 Å². The van der Waals surface area contributed by atoms with Gasteiger partial charge in [0.25, 0.3) is 0 Å². The molecular weight excluding hydrogens is 408 g/mol. The van der Waals surface area contributed by atoms with Gasteiger partial charge < -0.3 is 14.5 Å². The third-order valence-corrected chi connectivity index (χ3v) is 5.99.